The molecule has 1 amide bonds. The van der Waals surface area contributed by atoms with Crippen molar-refractivity contribution < 1.29 is 4.79 Å². The van der Waals surface area contributed by atoms with Crippen LogP contribution in [0.15, 0.2) is 0 Å². The molecular formula is C12H25Cl2N3O. The molecule has 2 saturated heterocycles. The minimum atomic E-state index is -0.344. The number of hydrogen-bond donors (Lipinski definition) is 1. The molecule has 2 heterocycles. The summed E-state index contributed by atoms with van der Waals surface area (Å²) in [6.07, 6.45) is 4.94. The highest BCUT2D eigenvalue weighted by Gasteiger charge is 2.28. The van der Waals surface area contributed by atoms with Crippen LogP contribution >= 0.6 is 24.8 Å². The Bertz CT molecular complexity index is 250. The molecule has 0 aliphatic carbocycles. The van der Waals surface area contributed by atoms with E-state index < -0.39 is 0 Å². The minimum Gasteiger partial charge on any atom is -0.341 e. The fourth-order valence-electron chi connectivity index (χ4n) is 2.85. The normalized spacial score (nSPS) is 23.1. The Balaban J connectivity index is 0.00000144. The summed E-state index contributed by atoms with van der Waals surface area (Å²) in [7, 11) is 0. The fraction of sp³-hybridized carbons (Fsp3) is 0.917. The van der Waals surface area contributed by atoms with Gasteiger partial charge in [-0.2, -0.15) is 0 Å². The number of rotatable bonds is 2. The van der Waals surface area contributed by atoms with Crippen molar-refractivity contribution in [2.24, 2.45) is 5.73 Å². The highest BCUT2D eigenvalue weighted by atomic mass is 35.5. The number of carbonyl (C=O) groups excluding carboxylic acids is 1. The lowest BCUT2D eigenvalue weighted by molar-refractivity contribution is -0.133. The van der Waals surface area contributed by atoms with Gasteiger partial charge in [0.25, 0.3) is 0 Å². The van der Waals surface area contributed by atoms with E-state index >= 15 is 0 Å². The van der Waals surface area contributed by atoms with Crippen LogP contribution in [0.2, 0.25) is 0 Å². The van der Waals surface area contributed by atoms with Crippen LogP contribution in [0.3, 0.4) is 0 Å². The summed E-state index contributed by atoms with van der Waals surface area (Å²) in [6, 6.07) is 0.364. The molecule has 0 saturated carbocycles. The molecule has 108 valence electrons. The van der Waals surface area contributed by atoms with Crippen LogP contribution < -0.4 is 5.73 Å². The van der Waals surface area contributed by atoms with Gasteiger partial charge in [-0.3, -0.25) is 4.79 Å². The van der Waals surface area contributed by atoms with Gasteiger partial charge in [0.1, 0.15) is 0 Å². The Morgan fingerprint density at radius 3 is 2.06 bits per heavy atom. The first-order chi connectivity index (χ1) is 7.68. The van der Waals surface area contributed by atoms with E-state index in [0.717, 1.165) is 25.9 Å². The first kappa shape index (κ1) is 18.0. The van der Waals surface area contributed by atoms with Gasteiger partial charge in [-0.15, -0.1) is 24.8 Å². The van der Waals surface area contributed by atoms with Crippen molar-refractivity contribution in [3.05, 3.63) is 0 Å². The molecule has 0 bridgehead atoms. The van der Waals surface area contributed by atoms with Crippen LogP contribution in [-0.4, -0.2) is 54.0 Å². The second-order valence-corrected chi connectivity index (χ2v) is 5.09. The topological polar surface area (TPSA) is 49.6 Å². The number of likely N-dealkylation sites (tertiary alicyclic amines) is 2. The number of halogens is 2. The second-order valence-electron chi connectivity index (χ2n) is 5.09. The smallest absolute Gasteiger partial charge is 0.239 e. The number of nitrogens with zero attached hydrogens (tertiary/aromatic N) is 2. The third-order valence-corrected chi connectivity index (χ3v) is 3.82. The van der Waals surface area contributed by atoms with Gasteiger partial charge in [-0.05, 0) is 45.7 Å². The Kier molecular flexibility index (Phi) is 8.19. The Hall–Kier alpha value is -0.0300. The highest BCUT2D eigenvalue weighted by Crippen LogP contribution is 2.21. The fourth-order valence-corrected chi connectivity index (χ4v) is 2.85. The zero-order valence-corrected chi connectivity index (χ0v) is 12.6. The third-order valence-electron chi connectivity index (χ3n) is 3.82. The van der Waals surface area contributed by atoms with Gasteiger partial charge in [-0.25, -0.2) is 0 Å². The SMILES string of the molecule is C[C@H](N)C(=O)N1CCC(N2CCCC2)CC1.Cl.Cl. The lowest BCUT2D eigenvalue weighted by Crippen LogP contribution is -2.49. The molecular weight excluding hydrogens is 273 g/mol. The van der Waals surface area contributed by atoms with Gasteiger partial charge < -0.3 is 15.5 Å². The Labute approximate surface area is 122 Å². The van der Waals surface area contributed by atoms with Gasteiger partial charge in [0.05, 0.1) is 6.04 Å². The summed E-state index contributed by atoms with van der Waals surface area (Å²) in [6.45, 7) is 6.07. The molecule has 2 N–H and O–H groups in total. The van der Waals surface area contributed by atoms with E-state index in [0.29, 0.717) is 6.04 Å². The highest BCUT2D eigenvalue weighted by molar-refractivity contribution is 5.85. The van der Waals surface area contributed by atoms with Crippen molar-refractivity contribution in [2.45, 2.75) is 44.7 Å². The molecule has 2 fully saturated rings. The van der Waals surface area contributed by atoms with E-state index in [-0.39, 0.29) is 36.8 Å². The summed E-state index contributed by atoms with van der Waals surface area (Å²) in [5, 5.41) is 0. The van der Waals surface area contributed by atoms with Gasteiger partial charge >= 0.3 is 0 Å². The quantitative estimate of drug-likeness (QED) is 0.835. The van der Waals surface area contributed by atoms with Crippen LogP contribution in [0, 0.1) is 0 Å². The minimum absolute atomic E-state index is 0. The van der Waals surface area contributed by atoms with E-state index in [1.54, 1.807) is 6.92 Å². The molecule has 2 rings (SSSR count). The summed E-state index contributed by atoms with van der Waals surface area (Å²) >= 11 is 0. The van der Waals surface area contributed by atoms with Crippen LogP contribution in [-0.2, 0) is 4.79 Å². The molecule has 0 unspecified atom stereocenters. The van der Waals surface area contributed by atoms with Gasteiger partial charge in [0, 0.05) is 19.1 Å². The van der Waals surface area contributed by atoms with E-state index in [1.165, 1.54) is 25.9 Å². The molecule has 2 aliphatic rings. The standard InChI is InChI=1S/C12H23N3O.2ClH/c1-10(13)12(16)15-8-4-11(5-9-15)14-6-2-3-7-14;;/h10-11H,2-9,13H2,1H3;2*1H/t10-;;/m0../s1. The molecule has 0 aromatic heterocycles. The Morgan fingerprint density at radius 2 is 1.61 bits per heavy atom. The molecule has 0 aromatic rings. The van der Waals surface area contributed by atoms with E-state index in [2.05, 4.69) is 4.90 Å². The van der Waals surface area contributed by atoms with E-state index in [4.69, 9.17) is 5.73 Å². The molecule has 6 heteroatoms. The molecule has 1 atom stereocenters. The first-order valence-corrected chi connectivity index (χ1v) is 6.47. The molecule has 4 nitrogen and oxygen atoms in total. The van der Waals surface area contributed by atoms with Crippen molar-refractivity contribution in [3.63, 3.8) is 0 Å². The van der Waals surface area contributed by atoms with Crippen LogP contribution in [0.4, 0.5) is 0 Å². The zero-order valence-electron chi connectivity index (χ0n) is 11.0. The average molecular weight is 298 g/mol. The number of hydrogen-bond acceptors (Lipinski definition) is 3. The lowest BCUT2D eigenvalue weighted by Gasteiger charge is -2.37. The van der Waals surface area contributed by atoms with Crippen molar-refractivity contribution in [1.82, 2.24) is 9.80 Å². The third kappa shape index (κ3) is 4.26. The first-order valence-electron chi connectivity index (χ1n) is 6.47. The number of amides is 1. The lowest BCUT2D eigenvalue weighted by atomic mass is 10.0. The molecule has 2 aliphatic heterocycles. The second kappa shape index (κ2) is 8.20. The summed E-state index contributed by atoms with van der Waals surface area (Å²) in [5.74, 6) is 0.111. The summed E-state index contributed by atoms with van der Waals surface area (Å²) in [5.41, 5.74) is 5.62. The van der Waals surface area contributed by atoms with Crippen LogP contribution in [0.25, 0.3) is 0 Å². The number of nitrogens with two attached hydrogens (primary N) is 1. The van der Waals surface area contributed by atoms with Crippen molar-refractivity contribution in [1.29, 1.82) is 0 Å². The average Bonchev–Trinajstić information content (AvgIpc) is 2.81. The van der Waals surface area contributed by atoms with Gasteiger partial charge in [0.2, 0.25) is 5.91 Å². The number of carbonyl (C=O) groups is 1. The summed E-state index contributed by atoms with van der Waals surface area (Å²) in [4.78, 5) is 16.2. The van der Waals surface area contributed by atoms with Crippen LogP contribution in [0.5, 0.6) is 0 Å². The molecule has 0 aromatic carbocycles. The van der Waals surface area contributed by atoms with Crippen molar-refractivity contribution in [2.75, 3.05) is 26.2 Å². The molecule has 0 radical (unpaired) electrons. The largest absolute Gasteiger partial charge is 0.341 e. The van der Waals surface area contributed by atoms with Crippen molar-refractivity contribution in [3.8, 4) is 0 Å². The predicted molar refractivity (Wildman–Crippen MR) is 78.6 cm³/mol. The maximum atomic E-state index is 11.7. The van der Waals surface area contributed by atoms with Gasteiger partial charge in [-0.1, -0.05) is 0 Å². The van der Waals surface area contributed by atoms with E-state index in [9.17, 15) is 4.79 Å². The van der Waals surface area contributed by atoms with Gasteiger partial charge in [0.15, 0.2) is 0 Å². The Morgan fingerprint density at radius 1 is 1.11 bits per heavy atom. The van der Waals surface area contributed by atoms with Crippen LogP contribution in [0.1, 0.15) is 32.6 Å². The molecule has 18 heavy (non-hydrogen) atoms. The zero-order chi connectivity index (χ0) is 11.5. The number of piperidine rings is 1. The van der Waals surface area contributed by atoms with Crippen molar-refractivity contribution >= 4 is 30.7 Å². The maximum Gasteiger partial charge on any atom is 0.239 e. The summed E-state index contributed by atoms with van der Waals surface area (Å²) < 4.78 is 0. The van der Waals surface area contributed by atoms with E-state index in [1.807, 2.05) is 4.90 Å². The predicted octanol–water partition coefficient (Wildman–Crippen LogP) is 1.26. The maximum absolute atomic E-state index is 11.7. The molecule has 0 spiro atoms. The monoisotopic (exact) mass is 297 g/mol.